The number of likely N-dealkylation sites (tertiary alicyclic amines) is 1. The zero-order chi connectivity index (χ0) is 19.1. The van der Waals surface area contributed by atoms with Gasteiger partial charge in [-0.15, -0.1) is 0 Å². The van der Waals surface area contributed by atoms with Gasteiger partial charge in [0.25, 0.3) is 5.91 Å². The minimum absolute atomic E-state index is 0.121. The quantitative estimate of drug-likeness (QED) is 0.745. The van der Waals surface area contributed by atoms with Gasteiger partial charge in [0, 0.05) is 24.6 Å². The van der Waals surface area contributed by atoms with E-state index in [4.69, 9.17) is 0 Å². The van der Waals surface area contributed by atoms with Crippen LogP contribution in [-0.4, -0.2) is 44.9 Å². The van der Waals surface area contributed by atoms with E-state index >= 15 is 0 Å². The number of carbonyl (C=O) groups excluding carboxylic acids is 1. The number of carbonyl (C=O) groups is 2. The Morgan fingerprint density at radius 1 is 1.19 bits per heavy atom. The minimum atomic E-state index is -0.959. The molecule has 138 valence electrons. The summed E-state index contributed by atoms with van der Waals surface area (Å²) < 4.78 is 13.2. The van der Waals surface area contributed by atoms with Crippen molar-refractivity contribution < 1.29 is 19.1 Å². The van der Waals surface area contributed by atoms with Crippen molar-refractivity contribution in [2.75, 3.05) is 13.1 Å². The maximum atomic E-state index is 13.2. The predicted molar refractivity (Wildman–Crippen MR) is 97.0 cm³/mol. The van der Waals surface area contributed by atoms with E-state index in [1.807, 2.05) is 6.92 Å². The number of amides is 1. The number of hydrogen-bond acceptors (Lipinski definition) is 3. The molecule has 1 fully saturated rings. The molecule has 0 radical (unpaired) electrons. The summed E-state index contributed by atoms with van der Waals surface area (Å²) in [6.45, 7) is 2.24. The van der Waals surface area contributed by atoms with Crippen molar-refractivity contribution in [1.29, 1.82) is 0 Å². The normalized spacial score (nSPS) is 19.6. The van der Waals surface area contributed by atoms with Crippen molar-refractivity contribution in [3.63, 3.8) is 0 Å². The minimum Gasteiger partial charge on any atom is -0.481 e. The zero-order valence-corrected chi connectivity index (χ0v) is 14.6. The first-order valence-corrected chi connectivity index (χ1v) is 8.66. The molecule has 27 heavy (non-hydrogen) atoms. The number of rotatable bonds is 3. The maximum Gasteiger partial charge on any atom is 0.308 e. The molecular formula is C20H18FN3O3. The third-order valence-corrected chi connectivity index (χ3v) is 5.07. The summed E-state index contributed by atoms with van der Waals surface area (Å²) in [5.41, 5.74) is 2.74. The summed E-state index contributed by atoms with van der Waals surface area (Å²) in [4.78, 5) is 33.6. The van der Waals surface area contributed by atoms with Gasteiger partial charge in [0.2, 0.25) is 0 Å². The number of aromatic nitrogens is 2. The Hall–Kier alpha value is -3.22. The molecule has 0 saturated carbocycles. The van der Waals surface area contributed by atoms with Crippen molar-refractivity contribution in [1.82, 2.24) is 14.9 Å². The average Bonchev–Trinajstić information content (AvgIpc) is 3.24. The van der Waals surface area contributed by atoms with Gasteiger partial charge < -0.3 is 15.0 Å². The number of benzene rings is 2. The molecular weight excluding hydrogens is 349 g/mol. The number of H-pyrrole nitrogens is 1. The Labute approximate surface area is 154 Å². The number of hydrogen-bond donors (Lipinski definition) is 2. The Kier molecular flexibility index (Phi) is 4.14. The lowest BCUT2D eigenvalue weighted by Crippen LogP contribution is -2.29. The molecule has 7 heteroatoms. The highest BCUT2D eigenvalue weighted by molar-refractivity contribution is 5.98. The SMILES string of the molecule is Cc1nc2ccc(C(=O)N3CC(C(=O)O)C(c4ccc(F)cc4)C3)cc2[nH]1. The monoisotopic (exact) mass is 367 g/mol. The summed E-state index contributed by atoms with van der Waals surface area (Å²) in [7, 11) is 0. The number of carboxylic acid groups (broad SMARTS) is 1. The second kappa shape index (κ2) is 6.50. The molecule has 2 aromatic carbocycles. The summed E-state index contributed by atoms with van der Waals surface area (Å²) in [5, 5.41) is 9.59. The van der Waals surface area contributed by atoms with Crippen LogP contribution in [0.2, 0.25) is 0 Å². The molecule has 1 aliphatic rings. The lowest BCUT2D eigenvalue weighted by molar-refractivity contribution is -0.141. The lowest BCUT2D eigenvalue weighted by Gasteiger charge is -2.16. The molecule has 1 amide bonds. The van der Waals surface area contributed by atoms with Gasteiger partial charge in [0.15, 0.2) is 0 Å². The lowest BCUT2D eigenvalue weighted by atomic mass is 9.89. The van der Waals surface area contributed by atoms with Crippen LogP contribution in [0, 0.1) is 18.7 Å². The highest BCUT2D eigenvalue weighted by Gasteiger charge is 2.40. The largest absolute Gasteiger partial charge is 0.481 e. The molecule has 0 bridgehead atoms. The fourth-order valence-corrected chi connectivity index (χ4v) is 3.72. The highest BCUT2D eigenvalue weighted by Crippen LogP contribution is 2.34. The summed E-state index contributed by atoms with van der Waals surface area (Å²) in [6, 6.07) is 11.0. The first kappa shape index (κ1) is 17.2. The van der Waals surface area contributed by atoms with E-state index in [9.17, 15) is 19.1 Å². The van der Waals surface area contributed by atoms with Gasteiger partial charge in [0.1, 0.15) is 11.6 Å². The Balaban J connectivity index is 1.61. The number of nitrogens with one attached hydrogen (secondary N) is 1. The van der Waals surface area contributed by atoms with Crippen LogP contribution in [0.5, 0.6) is 0 Å². The van der Waals surface area contributed by atoms with Crippen LogP contribution >= 0.6 is 0 Å². The maximum absolute atomic E-state index is 13.2. The van der Waals surface area contributed by atoms with E-state index in [1.165, 1.54) is 12.1 Å². The van der Waals surface area contributed by atoms with E-state index in [2.05, 4.69) is 9.97 Å². The van der Waals surface area contributed by atoms with Gasteiger partial charge in [0.05, 0.1) is 17.0 Å². The molecule has 6 nitrogen and oxygen atoms in total. The molecule has 1 aliphatic heterocycles. The number of nitrogens with zero attached hydrogens (tertiary/aromatic N) is 2. The number of aryl methyl sites for hydroxylation is 1. The molecule has 4 rings (SSSR count). The van der Waals surface area contributed by atoms with E-state index in [0.717, 1.165) is 22.4 Å². The van der Waals surface area contributed by atoms with Gasteiger partial charge in [-0.3, -0.25) is 9.59 Å². The molecule has 3 aromatic rings. The van der Waals surface area contributed by atoms with Gasteiger partial charge in [-0.2, -0.15) is 0 Å². The van der Waals surface area contributed by atoms with Crippen LogP contribution in [0.15, 0.2) is 42.5 Å². The van der Waals surface area contributed by atoms with Crippen molar-refractivity contribution in [3.05, 3.63) is 65.2 Å². The van der Waals surface area contributed by atoms with Crippen LogP contribution in [0.3, 0.4) is 0 Å². The van der Waals surface area contributed by atoms with E-state index in [1.54, 1.807) is 35.2 Å². The number of fused-ring (bicyclic) bond motifs is 1. The van der Waals surface area contributed by atoms with Crippen LogP contribution in [0.25, 0.3) is 11.0 Å². The Morgan fingerprint density at radius 2 is 1.93 bits per heavy atom. The number of carboxylic acids is 1. The van der Waals surface area contributed by atoms with Gasteiger partial charge in [-0.1, -0.05) is 12.1 Å². The molecule has 1 aromatic heterocycles. The van der Waals surface area contributed by atoms with Crippen molar-refractivity contribution in [3.8, 4) is 0 Å². The molecule has 0 spiro atoms. The average molecular weight is 367 g/mol. The second-order valence-corrected chi connectivity index (χ2v) is 6.87. The van der Waals surface area contributed by atoms with E-state index in [-0.39, 0.29) is 30.7 Å². The highest BCUT2D eigenvalue weighted by atomic mass is 19.1. The third-order valence-electron chi connectivity index (χ3n) is 5.07. The molecule has 1 saturated heterocycles. The molecule has 0 aliphatic carbocycles. The fourth-order valence-electron chi connectivity index (χ4n) is 3.72. The zero-order valence-electron chi connectivity index (χ0n) is 14.6. The standard InChI is InChI=1S/C20H18FN3O3/c1-11-22-17-7-4-13(8-18(17)23-11)19(25)24-9-15(16(10-24)20(26)27)12-2-5-14(21)6-3-12/h2-8,15-16H,9-10H2,1H3,(H,22,23)(H,26,27). The van der Waals surface area contributed by atoms with Gasteiger partial charge in [-0.05, 0) is 42.8 Å². The first-order chi connectivity index (χ1) is 12.9. The van der Waals surface area contributed by atoms with Gasteiger partial charge >= 0.3 is 5.97 Å². The first-order valence-electron chi connectivity index (χ1n) is 8.66. The van der Waals surface area contributed by atoms with Crippen LogP contribution in [-0.2, 0) is 4.79 Å². The van der Waals surface area contributed by atoms with Gasteiger partial charge in [-0.25, -0.2) is 9.37 Å². The Morgan fingerprint density at radius 3 is 2.63 bits per heavy atom. The molecule has 2 heterocycles. The van der Waals surface area contributed by atoms with Crippen molar-refractivity contribution in [2.45, 2.75) is 12.8 Å². The summed E-state index contributed by atoms with van der Waals surface area (Å²) in [5.74, 6) is -1.89. The molecule has 2 N–H and O–H groups in total. The topological polar surface area (TPSA) is 86.3 Å². The summed E-state index contributed by atoms with van der Waals surface area (Å²) in [6.07, 6.45) is 0. The van der Waals surface area contributed by atoms with Crippen LogP contribution in [0.4, 0.5) is 4.39 Å². The third kappa shape index (κ3) is 3.16. The molecule has 2 atom stereocenters. The fraction of sp³-hybridized carbons (Fsp3) is 0.250. The van der Waals surface area contributed by atoms with E-state index in [0.29, 0.717) is 5.56 Å². The number of halogens is 1. The number of aromatic amines is 1. The smallest absolute Gasteiger partial charge is 0.308 e. The van der Waals surface area contributed by atoms with E-state index < -0.39 is 11.9 Å². The second-order valence-electron chi connectivity index (χ2n) is 6.87. The number of aliphatic carboxylic acids is 1. The van der Waals surface area contributed by atoms with Crippen molar-refractivity contribution >= 4 is 22.9 Å². The van der Waals surface area contributed by atoms with Crippen LogP contribution in [0.1, 0.15) is 27.7 Å². The Bertz CT molecular complexity index is 1030. The molecule has 2 unspecified atom stereocenters. The number of imidazole rings is 1. The van der Waals surface area contributed by atoms with Crippen molar-refractivity contribution in [2.24, 2.45) is 5.92 Å². The van der Waals surface area contributed by atoms with Crippen LogP contribution < -0.4 is 0 Å². The predicted octanol–water partition coefficient (Wildman–Crippen LogP) is 2.95. The summed E-state index contributed by atoms with van der Waals surface area (Å²) >= 11 is 0.